The van der Waals surface area contributed by atoms with Gasteiger partial charge in [-0.15, -0.1) is 0 Å². The number of nitrogens with two attached hydrogens (primary N) is 1. The van der Waals surface area contributed by atoms with E-state index in [0.29, 0.717) is 5.69 Å². The molecule has 0 saturated carbocycles. The summed E-state index contributed by atoms with van der Waals surface area (Å²) in [6.07, 6.45) is -2.64. The van der Waals surface area contributed by atoms with Crippen LogP contribution in [0.25, 0.3) is 0 Å². The summed E-state index contributed by atoms with van der Waals surface area (Å²) in [5.41, 5.74) is 5.51. The number of hydrogen-bond acceptors (Lipinski definition) is 2. The second-order valence-electron chi connectivity index (χ2n) is 2.84. The van der Waals surface area contributed by atoms with Crippen molar-refractivity contribution in [2.75, 3.05) is 11.9 Å². The molecule has 0 amide bonds. The fraction of sp³-hybridized carbons (Fsp3) is 0.222. The fourth-order valence-electron chi connectivity index (χ4n) is 0.991. The van der Waals surface area contributed by atoms with Crippen molar-refractivity contribution in [1.29, 1.82) is 0 Å². The van der Waals surface area contributed by atoms with Crippen LogP contribution in [0.1, 0.15) is 0 Å². The molecule has 0 atom stereocenters. The van der Waals surface area contributed by atoms with Crippen molar-refractivity contribution in [2.45, 2.75) is 6.43 Å². The first-order chi connectivity index (χ1) is 7.49. The molecule has 1 rings (SSSR count). The van der Waals surface area contributed by atoms with Crippen LogP contribution in [0.2, 0.25) is 0 Å². The van der Waals surface area contributed by atoms with Crippen LogP contribution in [0.5, 0.6) is 5.75 Å². The summed E-state index contributed by atoms with van der Waals surface area (Å²) >= 11 is 4.55. The smallest absolute Gasteiger partial charge is 0.272 e. The number of alkyl halides is 2. The molecule has 0 unspecified atom stereocenters. The molecular formula is C9H9F3N2OS. The zero-order chi connectivity index (χ0) is 12.1. The van der Waals surface area contributed by atoms with Crippen molar-refractivity contribution in [3.05, 3.63) is 24.0 Å². The number of anilines is 1. The molecule has 0 heterocycles. The van der Waals surface area contributed by atoms with Crippen LogP contribution < -0.4 is 15.8 Å². The molecule has 7 heteroatoms. The van der Waals surface area contributed by atoms with Crippen LogP contribution in [-0.4, -0.2) is 18.1 Å². The lowest BCUT2D eigenvalue weighted by Crippen LogP contribution is -2.19. The molecule has 1 aromatic carbocycles. The van der Waals surface area contributed by atoms with Gasteiger partial charge in [0, 0.05) is 11.8 Å². The van der Waals surface area contributed by atoms with Crippen LogP contribution >= 0.6 is 12.2 Å². The lowest BCUT2D eigenvalue weighted by atomic mass is 10.3. The maximum Gasteiger partial charge on any atom is 0.272 e. The minimum Gasteiger partial charge on any atom is -0.485 e. The molecule has 0 aliphatic rings. The van der Waals surface area contributed by atoms with E-state index in [-0.39, 0.29) is 10.9 Å². The number of benzene rings is 1. The Kier molecular flexibility index (Phi) is 4.36. The minimum atomic E-state index is -2.64. The highest BCUT2D eigenvalue weighted by atomic mass is 32.1. The summed E-state index contributed by atoms with van der Waals surface area (Å²) in [6.45, 7) is -0.848. The molecule has 3 nitrogen and oxygen atoms in total. The third kappa shape index (κ3) is 3.93. The van der Waals surface area contributed by atoms with Gasteiger partial charge in [0.05, 0.1) is 0 Å². The molecular weight excluding hydrogens is 241 g/mol. The summed E-state index contributed by atoms with van der Waals surface area (Å²) in [7, 11) is 0. The molecule has 0 radical (unpaired) electrons. The Bertz CT molecular complexity index is 387. The molecule has 0 aromatic heterocycles. The van der Waals surface area contributed by atoms with Gasteiger partial charge in [-0.05, 0) is 24.4 Å². The molecule has 3 N–H and O–H groups in total. The molecule has 0 bridgehead atoms. The first-order valence-electron chi connectivity index (χ1n) is 4.26. The predicted molar refractivity (Wildman–Crippen MR) is 58.3 cm³/mol. The van der Waals surface area contributed by atoms with Gasteiger partial charge in [-0.1, -0.05) is 0 Å². The van der Waals surface area contributed by atoms with Crippen molar-refractivity contribution in [2.24, 2.45) is 5.73 Å². The van der Waals surface area contributed by atoms with E-state index in [0.717, 1.165) is 6.07 Å². The second kappa shape index (κ2) is 5.55. The minimum absolute atomic E-state index is 0.0133. The maximum absolute atomic E-state index is 13.3. The number of ether oxygens (including phenoxy) is 1. The molecule has 1 aromatic rings. The van der Waals surface area contributed by atoms with E-state index in [1.54, 1.807) is 0 Å². The number of halogens is 3. The Balaban J connectivity index is 2.71. The quantitative estimate of drug-likeness (QED) is 0.804. The molecule has 0 fully saturated rings. The SMILES string of the molecule is NC(=S)Nc1ccc(OCC(F)F)c(F)c1. The van der Waals surface area contributed by atoms with E-state index < -0.39 is 18.8 Å². The van der Waals surface area contributed by atoms with Crippen LogP contribution in [0.3, 0.4) is 0 Å². The topological polar surface area (TPSA) is 47.3 Å². The van der Waals surface area contributed by atoms with Gasteiger partial charge in [0.15, 0.2) is 16.7 Å². The van der Waals surface area contributed by atoms with Crippen molar-refractivity contribution in [1.82, 2.24) is 0 Å². The molecule has 0 aliphatic carbocycles. The monoisotopic (exact) mass is 250 g/mol. The van der Waals surface area contributed by atoms with Crippen molar-refractivity contribution < 1.29 is 17.9 Å². The van der Waals surface area contributed by atoms with Crippen molar-refractivity contribution >= 4 is 23.0 Å². The van der Waals surface area contributed by atoms with E-state index in [4.69, 9.17) is 5.73 Å². The summed E-state index contributed by atoms with van der Waals surface area (Å²) in [4.78, 5) is 0. The summed E-state index contributed by atoms with van der Waals surface area (Å²) < 4.78 is 41.4. The third-order valence-corrected chi connectivity index (χ3v) is 1.67. The highest BCUT2D eigenvalue weighted by Crippen LogP contribution is 2.21. The lowest BCUT2D eigenvalue weighted by Gasteiger charge is -2.08. The maximum atomic E-state index is 13.3. The zero-order valence-corrected chi connectivity index (χ0v) is 8.86. The van der Waals surface area contributed by atoms with Gasteiger partial charge in [0.1, 0.15) is 6.61 Å². The normalized spacial score (nSPS) is 10.2. The molecule has 88 valence electrons. The van der Waals surface area contributed by atoms with E-state index in [1.807, 2.05) is 0 Å². The van der Waals surface area contributed by atoms with Gasteiger partial charge in [0.25, 0.3) is 6.43 Å². The summed E-state index contributed by atoms with van der Waals surface area (Å²) in [5, 5.41) is 2.49. The van der Waals surface area contributed by atoms with Gasteiger partial charge in [0.2, 0.25) is 0 Å². The summed E-state index contributed by atoms with van der Waals surface area (Å²) in [6, 6.07) is 3.70. The largest absolute Gasteiger partial charge is 0.485 e. The number of hydrogen-bond donors (Lipinski definition) is 2. The number of thiocarbonyl (C=S) groups is 1. The summed E-state index contributed by atoms with van der Waals surface area (Å²) in [5.74, 6) is -1.00. The Morgan fingerprint density at radius 1 is 1.50 bits per heavy atom. The average Bonchev–Trinajstić information content (AvgIpc) is 2.15. The Hall–Kier alpha value is -1.50. The average molecular weight is 250 g/mol. The fourth-order valence-corrected chi connectivity index (χ4v) is 1.11. The first kappa shape index (κ1) is 12.6. The molecule has 0 spiro atoms. The standard InChI is InChI=1S/C9H9F3N2OS/c10-6-3-5(14-9(13)16)1-2-7(6)15-4-8(11)12/h1-3,8H,4H2,(H3,13,14,16). The van der Waals surface area contributed by atoms with Gasteiger partial charge in [-0.25, -0.2) is 13.2 Å². The van der Waals surface area contributed by atoms with Crippen LogP contribution in [0, 0.1) is 5.82 Å². The van der Waals surface area contributed by atoms with Gasteiger partial charge in [-0.2, -0.15) is 0 Å². The van der Waals surface area contributed by atoms with Gasteiger partial charge < -0.3 is 15.8 Å². The zero-order valence-electron chi connectivity index (χ0n) is 8.04. The van der Waals surface area contributed by atoms with E-state index >= 15 is 0 Å². The molecule has 0 aliphatic heterocycles. The molecule has 16 heavy (non-hydrogen) atoms. The predicted octanol–water partition coefficient (Wildman–Crippen LogP) is 2.13. The highest BCUT2D eigenvalue weighted by Gasteiger charge is 2.08. The van der Waals surface area contributed by atoms with Crippen LogP contribution in [0.15, 0.2) is 18.2 Å². The van der Waals surface area contributed by atoms with Gasteiger partial charge >= 0.3 is 0 Å². The Morgan fingerprint density at radius 3 is 2.69 bits per heavy atom. The highest BCUT2D eigenvalue weighted by molar-refractivity contribution is 7.80. The van der Waals surface area contributed by atoms with E-state index in [9.17, 15) is 13.2 Å². The second-order valence-corrected chi connectivity index (χ2v) is 3.28. The van der Waals surface area contributed by atoms with Crippen LogP contribution in [0.4, 0.5) is 18.9 Å². The van der Waals surface area contributed by atoms with Crippen molar-refractivity contribution in [3.63, 3.8) is 0 Å². The van der Waals surface area contributed by atoms with Crippen LogP contribution in [-0.2, 0) is 0 Å². The Morgan fingerprint density at radius 2 is 2.19 bits per heavy atom. The van der Waals surface area contributed by atoms with Crippen molar-refractivity contribution in [3.8, 4) is 5.75 Å². The number of nitrogens with one attached hydrogen (secondary N) is 1. The van der Waals surface area contributed by atoms with E-state index in [1.165, 1.54) is 12.1 Å². The number of rotatable bonds is 4. The Labute approximate surface area is 95.4 Å². The van der Waals surface area contributed by atoms with E-state index in [2.05, 4.69) is 22.3 Å². The lowest BCUT2D eigenvalue weighted by molar-refractivity contribution is 0.0799. The molecule has 0 saturated heterocycles. The third-order valence-electron chi connectivity index (χ3n) is 1.56. The van der Waals surface area contributed by atoms with Gasteiger partial charge in [-0.3, -0.25) is 0 Å². The first-order valence-corrected chi connectivity index (χ1v) is 4.67.